The molecule has 56 valence electrons. The highest BCUT2D eigenvalue weighted by molar-refractivity contribution is 6.33. The molecular formula is C7H6ClN3. The van der Waals surface area contributed by atoms with Crippen molar-refractivity contribution in [2.45, 2.75) is 6.92 Å². The van der Waals surface area contributed by atoms with Gasteiger partial charge in [-0.2, -0.15) is 0 Å². The first-order chi connectivity index (χ1) is 5.25. The second kappa shape index (κ2) is 3.28. The molecule has 0 saturated heterocycles. The van der Waals surface area contributed by atoms with Crippen LogP contribution in [0.5, 0.6) is 0 Å². The molecule has 1 rings (SSSR count). The average molecular weight is 168 g/mol. The zero-order valence-corrected chi connectivity index (χ0v) is 6.71. The first-order valence-corrected chi connectivity index (χ1v) is 3.43. The third-order valence-corrected chi connectivity index (χ3v) is 1.64. The number of azide groups is 1. The minimum Gasteiger partial charge on any atom is -0.0838 e. The molecule has 0 saturated carbocycles. The maximum atomic E-state index is 8.17. The highest BCUT2D eigenvalue weighted by Crippen LogP contribution is 2.27. The van der Waals surface area contributed by atoms with Gasteiger partial charge in [0.2, 0.25) is 0 Å². The fourth-order valence-corrected chi connectivity index (χ4v) is 1.05. The Labute approximate surface area is 69.2 Å². The fourth-order valence-electron chi connectivity index (χ4n) is 0.795. The number of aryl methyl sites for hydroxylation is 1. The van der Waals surface area contributed by atoms with E-state index in [1.807, 2.05) is 19.1 Å². The number of nitrogens with zero attached hydrogens (tertiary/aromatic N) is 3. The molecule has 0 atom stereocenters. The molecule has 0 amide bonds. The van der Waals surface area contributed by atoms with Crippen LogP contribution >= 0.6 is 11.6 Å². The molecule has 11 heavy (non-hydrogen) atoms. The van der Waals surface area contributed by atoms with Crippen LogP contribution in [0.15, 0.2) is 23.3 Å². The topological polar surface area (TPSA) is 48.8 Å². The second-order valence-electron chi connectivity index (χ2n) is 2.09. The van der Waals surface area contributed by atoms with Crippen LogP contribution in [-0.2, 0) is 0 Å². The molecule has 0 radical (unpaired) electrons. The van der Waals surface area contributed by atoms with Crippen LogP contribution in [0.2, 0.25) is 5.02 Å². The summed E-state index contributed by atoms with van der Waals surface area (Å²) in [6.45, 7) is 1.84. The van der Waals surface area contributed by atoms with E-state index in [9.17, 15) is 0 Å². The number of hydrogen-bond donors (Lipinski definition) is 0. The molecule has 0 aliphatic heterocycles. The van der Waals surface area contributed by atoms with E-state index >= 15 is 0 Å². The van der Waals surface area contributed by atoms with Gasteiger partial charge in [-0.3, -0.25) is 0 Å². The summed E-state index contributed by atoms with van der Waals surface area (Å²) in [5.74, 6) is 0. The summed E-state index contributed by atoms with van der Waals surface area (Å²) in [5.41, 5.74) is 9.56. The van der Waals surface area contributed by atoms with Gasteiger partial charge in [-0.25, -0.2) is 0 Å². The van der Waals surface area contributed by atoms with Crippen molar-refractivity contribution in [3.63, 3.8) is 0 Å². The molecule has 1 aromatic carbocycles. The lowest BCUT2D eigenvalue weighted by atomic mass is 10.2. The van der Waals surface area contributed by atoms with Crippen molar-refractivity contribution in [2.75, 3.05) is 0 Å². The van der Waals surface area contributed by atoms with Gasteiger partial charge in [0.05, 0.1) is 10.7 Å². The summed E-state index contributed by atoms with van der Waals surface area (Å²) < 4.78 is 0. The van der Waals surface area contributed by atoms with Gasteiger partial charge in [-0.05, 0) is 24.1 Å². The lowest BCUT2D eigenvalue weighted by Crippen LogP contribution is -1.72. The summed E-state index contributed by atoms with van der Waals surface area (Å²) in [5, 5.41) is 3.94. The van der Waals surface area contributed by atoms with Crippen molar-refractivity contribution in [1.82, 2.24) is 0 Å². The summed E-state index contributed by atoms with van der Waals surface area (Å²) in [6, 6.07) is 5.35. The Balaban J connectivity index is 3.31. The summed E-state index contributed by atoms with van der Waals surface area (Å²) >= 11 is 5.74. The first kappa shape index (κ1) is 7.92. The number of hydrogen-bond acceptors (Lipinski definition) is 1. The van der Waals surface area contributed by atoms with E-state index in [2.05, 4.69) is 10.0 Å². The summed E-state index contributed by atoms with van der Waals surface area (Å²) in [4.78, 5) is 2.67. The van der Waals surface area contributed by atoms with Crippen LogP contribution in [0.4, 0.5) is 5.69 Å². The predicted molar refractivity (Wildman–Crippen MR) is 45.0 cm³/mol. The predicted octanol–water partition coefficient (Wildman–Crippen LogP) is 3.59. The van der Waals surface area contributed by atoms with Crippen LogP contribution in [0.1, 0.15) is 5.56 Å². The SMILES string of the molecule is Cc1cccc(Cl)c1N=[N+]=[N-]. The van der Waals surface area contributed by atoms with Crippen LogP contribution in [-0.4, -0.2) is 0 Å². The van der Waals surface area contributed by atoms with E-state index in [-0.39, 0.29) is 0 Å². The van der Waals surface area contributed by atoms with Gasteiger partial charge in [0.1, 0.15) is 0 Å². The quantitative estimate of drug-likeness (QED) is 0.349. The second-order valence-corrected chi connectivity index (χ2v) is 2.50. The Kier molecular flexibility index (Phi) is 2.36. The largest absolute Gasteiger partial charge is 0.0838 e. The monoisotopic (exact) mass is 167 g/mol. The molecular weight excluding hydrogens is 162 g/mol. The molecule has 3 nitrogen and oxygen atoms in total. The highest BCUT2D eigenvalue weighted by Gasteiger charge is 1.98. The third-order valence-electron chi connectivity index (χ3n) is 1.33. The van der Waals surface area contributed by atoms with Crippen LogP contribution in [0.3, 0.4) is 0 Å². The maximum absolute atomic E-state index is 8.17. The Morgan fingerprint density at radius 2 is 2.27 bits per heavy atom. The zero-order chi connectivity index (χ0) is 8.27. The van der Waals surface area contributed by atoms with Crippen molar-refractivity contribution in [3.8, 4) is 0 Å². The Morgan fingerprint density at radius 3 is 2.82 bits per heavy atom. The highest BCUT2D eigenvalue weighted by atomic mass is 35.5. The van der Waals surface area contributed by atoms with E-state index < -0.39 is 0 Å². The van der Waals surface area contributed by atoms with Crippen molar-refractivity contribution in [1.29, 1.82) is 0 Å². The van der Waals surface area contributed by atoms with Crippen molar-refractivity contribution >= 4 is 17.3 Å². The zero-order valence-electron chi connectivity index (χ0n) is 5.95. The van der Waals surface area contributed by atoms with Crippen molar-refractivity contribution in [2.24, 2.45) is 5.11 Å². The minimum absolute atomic E-state index is 0.489. The molecule has 0 bridgehead atoms. The first-order valence-electron chi connectivity index (χ1n) is 3.06. The number of rotatable bonds is 1. The molecule has 0 aliphatic rings. The Bertz CT molecular complexity index is 295. The van der Waals surface area contributed by atoms with Crippen LogP contribution in [0.25, 0.3) is 10.4 Å². The number of benzene rings is 1. The number of halogens is 1. The van der Waals surface area contributed by atoms with E-state index in [0.29, 0.717) is 10.7 Å². The van der Waals surface area contributed by atoms with Gasteiger partial charge >= 0.3 is 0 Å². The smallest absolute Gasteiger partial charge is 0.0590 e. The Morgan fingerprint density at radius 1 is 1.55 bits per heavy atom. The molecule has 1 aromatic rings. The molecule has 0 N–H and O–H groups in total. The van der Waals surface area contributed by atoms with Gasteiger partial charge in [-0.1, -0.05) is 28.8 Å². The Hall–Kier alpha value is -1.18. The van der Waals surface area contributed by atoms with Crippen LogP contribution < -0.4 is 0 Å². The molecule has 0 heterocycles. The molecule has 0 unspecified atom stereocenters. The van der Waals surface area contributed by atoms with Gasteiger partial charge in [0.25, 0.3) is 0 Å². The van der Waals surface area contributed by atoms with Gasteiger partial charge in [0, 0.05) is 4.91 Å². The normalized spacial score (nSPS) is 8.91. The van der Waals surface area contributed by atoms with Gasteiger partial charge in [-0.15, -0.1) is 0 Å². The van der Waals surface area contributed by atoms with Crippen molar-refractivity contribution < 1.29 is 0 Å². The fraction of sp³-hybridized carbons (Fsp3) is 0.143. The average Bonchev–Trinajstić information content (AvgIpc) is 1.97. The third kappa shape index (κ3) is 1.64. The summed E-state index contributed by atoms with van der Waals surface area (Å²) in [7, 11) is 0. The van der Waals surface area contributed by atoms with E-state index in [0.717, 1.165) is 5.56 Å². The summed E-state index contributed by atoms with van der Waals surface area (Å²) in [6.07, 6.45) is 0. The lowest BCUT2D eigenvalue weighted by molar-refractivity contribution is 1.38. The minimum atomic E-state index is 0.489. The lowest BCUT2D eigenvalue weighted by Gasteiger charge is -1.98. The van der Waals surface area contributed by atoms with E-state index in [1.165, 1.54) is 0 Å². The molecule has 0 aliphatic carbocycles. The van der Waals surface area contributed by atoms with Gasteiger partial charge in [0.15, 0.2) is 0 Å². The maximum Gasteiger partial charge on any atom is 0.0590 e. The van der Waals surface area contributed by atoms with Crippen molar-refractivity contribution in [3.05, 3.63) is 39.2 Å². The standard InChI is InChI=1S/C7H6ClN3/c1-5-3-2-4-6(8)7(5)10-11-9/h2-4H,1H3. The molecule has 0 fully saturated rings. The molecule has 0 aromatic heterocycles. The molecule has 0 spiro atoms. The molecule has 4 heteroatoms. The van der Waals surface area contributed by atoms with Crippen LogP contribution in [0, 0.1) is 6.92 Å². The van der Waals surface area contributed by atoms with E-state index in [1.54, 1.807) is 6.07 Å². The van der Waals surface area contributed by atoms with Gasteiger partial charge < -0.3 is 0 Å². The van der Waals surface area contributed by atoms with E-state index in [4.69, 9.17) is 17.1 Å².